The van der Waals surface area contributed by atoms with Crippen LogP contribution in [0.3, 0.4) is 0 Å². The molecule has 1 amide bonds. The summed E-state index contributed by atoms with van der Waals surface area (Å²) in [5.74, 6) is -0.523. The fraction of sp³-hybridized carbons (Fsp3) is 0.188. The molecule has 0 heterocycles. The number of nitrogens with two attached hydrogens (primary N) is 1. The molecule has 3 nitrogen and oxygen atoms in total. The van der Waals surface area contributed by atoms with Gasteiger partial charge in [-0.15, -0.1) is 0 Å². The minimum atomic E-state index is -0.523. The van der Waals surface area contributed by atoms with Crippen molar-refractivity contribution in [1.82, 2.24) is 0 Å². The van der Waals surface area contributed by atoms with E-state index in [0.717, 1.165) is 5.69 Å². The van der Waals surface area contributed by atoms with Gasteiger partial charge in [0.25, 0.3) is 0 Å². The molecule has 0 aliphatic carbocycles. The molecule has 0 bridgehead atoms. The third-order valence-corrected chi connectivity index (χ3v) is 3.34. The second kappa shape index (κ2) is 5.97. The van der Waals surface area contributed by atoms with Crippen LogP contribution in [0.5, 0.6) is 0 Å². The summed E-state index contributed by atoms with van der Waals surface area (Å²) in [5, 5.41) is 3.64. The van der Waals surface area contributed by atoms with Crippen LogP contribution in [0.4, 0.5) is 5.69 Å². The molecule has 0 aromatic heterocycles. The number of amides is 1. The molecule has 0 aliphatic rings. The van der Waals surface area contributed by atoms with Gasteiger partial charge in [-0.1, -0.05) is 40.9 Å². The smallest absolute Gasteiger partial charge is 0.250 e. The van der Waals surface area contributed by atoms with Crippen molar-refractivity contribution in [3.8, 4) is 0 Å². The molecule has 2 aromatic carbocycles. The van der Waals surface area contributed by atoms with Crippen LogP contribution in [0.2, 0.25) is 5.02 Å². The van der Waals surface area contributed by atoms with E-state index in [4.69, 9.17) is 17.3 Å². The molecule has 104 valence electrons. The van der Waals surface area contributed by atoms with Gasteiger partial charge in [0.2, 0.25) is 5.91 Å². The molecule has 0 unspecified atom stereocenters. The highest BCUT2D eigenvalue weighted by molar-refractivity contribution is 6.33. The van der Waals surface area contributed by atoms with Gasteiger partial charge in [-0.3, -0.25) is 4.79 Å². The first-order valence-electron chi connectivity index (χ1n) is 6.36. The van der Waals surface area contributed by atoms with Crippen molar-refractivity contribution in [3.63, 3.8) is 0 Å². The van der Waals surface area contributed by atoms with Crippen LogP contribution < -0.4 is 11.1 Å². The quantitative estimate of drug-likeness (QED) is 0.902. The standard InChI is InChI=1S/C16H17ClN2O/c1-10-5-11(2)7-12(6-10)9-19-13-3-4-15(17)14(8-13)16(18)20/h3-8,19H,9H2,1-2H3,(H2,18,20). The predicted molar refractivity (Wildman–Crippen MR) is 83.2 cm³/mol. The second-order valence-electron chi connectivity index (χ2n) is 4.91. The van der Waals surface area contributed by atoms with Crippen LogP contribution >= 0.6 is 11.6 Å². The number of halogens is 1. The van der Waals surface area contributed by atoms with E-state index in [1.807, 2.05) is 6.07 Å². The van der Waals surface area contributed by atoms with E-state index in [1.165, 1.54) is 16.7 Å². The Morgan fingerprint density at radius 3 is 2.40 bits per heavy atom. The van der Waals surface area contributed by atoms with Crippen LogP contribution in [0, 0.1) is 13.8 Å². The second-order valence-corrected chi connectivity index (χ2v) is 5.32. The summed E-state index contributed by atoms with van der Waals surface area (Å²) >= 11 is 5.92. The molecule has 0 saturated heterocycles. The average molecular weight is 289 g/mol. The summed E-state index contributed by atoms with van der Waals surface area (Å²) in [5.41, 5.74) is 10.1. The minimum absolute atomic E-state index is 0.331. The van der Waals surface area contributed by atoms with E-state index in [9.17, 15) is 4.79 Å². The van der Waals surface area contributed by atoms with Crippen LogP contribution in [0.1, 0.15) is 27.0 Å². The lowest BCUT2D eigenvalue weighted by atomic mass is 10.1. The molecule has 4 heteroatoms. The third kappa shape index (κ3) is 3.52. The first kappa shape index (κ1) is 14.4. The van der Waals surface area contributed by atoms with Gasteiger partial charge in [-0.2, -0.15) is 0 Å². The van der Waals surface area contributed by atoms with E-state index in [1.54, 1.807) is 12.1 Å². The van der Waals surface area contributed by atoms with E-state index in [2.05, 4.69) is 37.4 Å². The molecule has 0 radical (unpaired) electrons. The molecule has 0 atom stereocenters. The number of primary amides is 1. The van der Waals surface area contributed by atoms with E-state index in [-0.39, 0.29) is 0 Å². The Labute approximate surface area is 123 Å². The maximum absolute atomic E-state index is 11.2. The number of benzene rings is 2. The molecular formula is C16H17ClN2O. The van der Waals surface area contributed by atoms with Gasteiger partial charge in [0.1, 0.15) is 0 Å². The summed E-state index contributed by atoms with van der Waals surface area (Å²) in [4.78, 5) is 11.2. The number of carbonyl (C=O) groups is 1. The Bertz CT molecular complexity index is 633. The monoisotopic (exact) mass is 288 g/mol. The Kier molecular flexibility index (Phi) is 4.30. The van der Waals surface area contributed by atoms with Gasteiger partial charge >= 0.3 is 0 Å². The van der Waals surface area contributed by atoms with Crippen LogP contribution in [-0.2, 0) is 6.54 Å². The molecule has 2 rings (SSSR count). The molecule has 2 aromatic rings. The molecular weight excluding hydrogens is 272 g/mol. The lowest BCUT2D eigenvalue weighted by molar-refractivity contribution is 0.100. The molecule has 0 spiro atoms. The first-order valence-corrected chi connectivity index (χ1v) is 6.74. The zero-order valence-electron chi connectivity index (χ0n) is 11.5. The summed E-state index contributed by atoms with van der Waals surface area (Å²) < 4.78 is 0. The fourth-order valence-electron chi connectivity index (χ4n) is 2.20. The van der Waals surface area contributed by atoms with Crippen LogP contribution in [-0.4, -0.2) is 5.91 Å². The number of hydrogen-bond acceptors (Lipinski definition) is 2. The van der Waals surface area contributed by atoms with Crippen LogP contribution in [0.15, 0.2) is 36.4 Å². The van der Waals surface area contributed by atoms with Crippen molar-refractivity contribution in [1.29, 1.82) is 0 Å². The van der Waals surface area contributed by atoms with E-state index in [0.29, 0.717) is 17.1 Å². The van der Waals surface area contributed by atoms with Gasteiger partial charge in [0.05, 0.1) is 10.6 Å². The van der Waals surface area contributed by atoms with Crippen molar-refractivity contribution >= 4 is 23.2 Å². The van der Waals surface area contributed by atoms with Crippen molar-refractivity contribution in [2.75, 3.05) is 5.32 Å². The lowest BCUT2D eigenvalue weighted by Gasteiger charge is -2.10. The zero-order chi connectivity index (χ0) is 14.7. The largest absolute Gasteiger partial charge is 0.381 e. The summed E-state index contributed by atoms with van der Waals surface area (Å²) in [6.07, 6.45) is 0. The number of rotatable bonds is 4. The van der Waals surface area contributed by atoms with Crippen LogP contribution in [0.25, 0.3) is 0 Å². The van der Waals surface area contributed by atoms with Gasteiger partial charge in [-0.25, -0.2) is 0 Å². The number of carbonyl (C=O) groups excluding carboxylic acids is 1. The fourth-order valence-corrected chi connectivity index (χ4v) is 2.41. The zero-order valence-corrected chi connectivity index (χ0v) is 12.3. The number of nitrogens with one attached hydrogen (secondary N) is 1. The predicted octanol–water partition coefficient (Wildman–Crippen LogP) is 3.67. The van der Waals surface area contributed by atoms with Gasteiger partial charge < -0.3 is 11.1 Å². The van der Waals surface area contributed by atoms with Gasteiger partial charge in [-0.05, 0) is 37.6 Å². The summed E-state index contributed by atoms with van der Waals surface area (Å²) in [6, 6.07) is 11.6. The first-order chi connectivity index (χ1) is 9.45. The number of anilines is 1. The summed E-state index contributed by atoms with van der Waals surface area (Å²) in [6.45, 7) is 4.83. The molecule has 20 heavy (non-hydrogen) atoms. The van der Waals surface area contributed by atoms with Crippen molar-refractivity contribution in [3.05, 3.63) is 63.7 Å². The third-order valence-electron chi connectivity index (χ3n) is 3.01. The summed E-state index contributed by atoms with van der Waals surface area (Å²) in [7, 11) is 0. The maximum atomic E-state index is 11.2. The lowest BCUT2D eigenvalue weighted by Crippen LogP contribution is -2.12. The number of hydrogen-bond donors (Lipinski definition) is 2. The SMILES string of the molecule is Cc1cc(C)cc(CNc2ccc(Cl)c(C(N)=O)c2)c1. The molecule has 0 saturated carbocycles. The van der Waals surface area contributed by atoms with Crippen molar-refractivity contribution in [2.24, 2.45) is 5.73 Å². The maximum Gasteiger partial charge on any atom is 0.250 e. The molecule has 0 aliphatic heterocycles. The average Bonchev–Trinajstić information content (AvgIpc) is 2.36. The highest BCUT2D eigenvalue weighted by Crippen LogP contribution is 2.21. The Morgan fingerprint density at radius 2 is 1.80 bits per heavy atom. The molecule has 3 N–H and O–H groups in total. The minimum Gasteiger partial charge on any atom is -0.381 e. The highest BCUT2D eigenvalue weighted by Gasteiger charge is 2.07. The Morgan fingerprint density at radius 1 is 1.15 bits per heavy atom. The Balaban J connectivity index is 2.14. The van der Waals surface area contributed by atoms with Gasteiger partial charge in [0.15, 0.2) is 0 Å². The van der Waals surface area contributed by atoms with E-state index < -0.39 is 5.91 Å². The Hall–Kier alpha value is -2.00. The van der Waals surface area contributed by atoms with E-state index >= 15 is 0 Å². The number of aryl methyl sites for hydroxylation is 2. The van der Waals surface area contributed by atoms with Crippen molar-refractivity contribution in [2.45, 2.75) is 20.4 Å². The molecule has 0 fully saturated rings. The highest BCUT2D eigenvalue weighted by atomic mass is 35.5. The topological polar surface area (TPSA) is 55.1 Å². The van der Waals surface area contributed by atoms with Crippen molar-refractivity contribution < 1.29 is 4.79 Å². The normalized spacial score (nSPS) is 10.3. The van der Waals surface area contributed by atoms with Gasteiger partial charge in [0, 0.05) is 12.2 Å².